The van der Waals surface area contributed by atoms with Crippen molar-refractivity contribution in [1.29, 1.82) is 0 Å². The van der Waals surface area contributed by atoms with Crippen molar-refractivity contribution in [3.63, 3.8) is 0 Å². The van der Waals surface area contributed by atoms with Crippen LogP contribution in [0, 0.1) is 9.49 Å². The van der Waals surface area contributed by atoms with Gasteiger partial charge in [-0.05, 0) is 59.0 Å². The lowest BCUT2D eigenvalue weighted by Crippen LogP contribution is -2.29. The van der Waals surface area contributed by atoms with Crippen LogP contribution in [-0.2, 0) is 11.2 Å². The minimum atomic E-state index is 0.616. The monoisotopic (exact) mass is 380 g/mol. The molecule has 1 nitrogen and oxygen atoms in total. The van der Waals surface area contributed by atoms with E-state index in [4.69, 9.17) is 4.74 Å². The minimum Gasteiger partial charge on any atom is -0.381 e. The Morgan fingerprint density at radius 2 is 2.07 bits per heavy atom. The quantitative estimate of drug-likeness (QED) is 0.562. The summed E-state index contributed by atoms with van der Waals surface area (Å²) in [7, 11) is 0. The summed E-state index contributed by atoms with van der Waals surface area (Å²) in [6.45, 7) is 1.79. The van der Waals surface area contributed by atoms with E-state index in [0.29, 0.717) is 10.7 Å². The molecule has 0 amide bonds. The second kappa shape index (κ2) is 5.64. The zero-order valence-electron chi connectivity index (χ0n) is 8.46. The molecule has 2 atom stereocenters. The third kappa shape index (κ3) is 3.43. The van der Waals surface area contributed by atoms with E-state index >= 15 is 0 Å². The largest absolute Gasteiger partial charge is 0.381 e. The van der Waals surface area contributed by atoms with E-state index in [1.54, 1.807) is 0 Å². The third-order valence-electron chi connectivity index (χ3n) is 2.79. The molecule has 0 saturated carbocycles. The lowest BCUT2D eigenvalue weighted by molar-refractivity contribution is 0.0605. The third-order valence-corrected chi connectivity index (χ3v) is 4.72. The van der Waals surface area contributed by atoms with Crippen LogP contribution in [0.15, 0.2) is 24.3 Å². The average molecular weight is 381 g/mol. The highest BCUT2D eigenvalue weighted by atomic mass is 127. The zero-order chi connectivity index (χ0) is 10.7. The number of benzene rings is 1. The summed E-state index contributed by atoms with van der Waals surface area (Å²) in [6, 6.07) is 8.78. The highest BCUT2D eigenvalue weighted by Crippen LogP contribution is 2.25. The number of halogens is 2. The van der Waals surface area contributed by atoms with Gasteiger partial charge in [0, 0.05) is 15.0 Å². The fraction of sp³-hybridized carbons (Fsp3) is 0.500. The molecule has 0 aliphatic carbocycles. The van der Waals surface area contributed by atoms with Gasteiger partial charge in [-0.1, -0.05) is 28.1 Å². The topological polar surface area (TPSA) is 9.23 Å². The first-order valence-corrected chi connectivity index (χ1v) is 7.21. The van der Waals surface area contributed by atoms with Crippen molar-refractivity contribution in [3.8, 4) is 0 Å². The summed E-state index contributed by atoms with van der Waals surface area (Å²) in [5.41, 5.74) is 1.41. The summed E-state index contributed by atoms with van der Waals surface area (Å²) in [6.07, 6.45) is 2.25. The predicted molar refractivity (Wildman–Crippen MR) is 74.5 cm³/mol. The van der Waals surface area contributed by atoms with E-state index in [9.17, 15) is 0 Å². The number of rotatable bonds is 2. The smallest absolute Gasteiger partial charge is 0.0508 e. The Bertz CT molecular complexity index is 312. The van der Waals surface area contributed by atoms with Gasteiger partial charge in [0.25, 0.3) is 0 Å². The molecule has 1 saturated heterocycles. The van der Waals surface area contributed by atoms with Crippen molar-refractivity contribution in [2.24, 2.45) is 5.92 Å². The van der Waals surface area contributed by atoms with Crippen molar-refractivity contribution in [3.05, 3.63) is 33.4 Å². The van der Waals surface area contributed by atoms with Gasteiger partial charge in [0.1, 0.15) is 0 Å². The van der Waals surface area contributed by atoms with Crippen LogP contribution in [0.1, 0.15) is 12.0 Å². The number of ether oxygens (including phenoxy) is 1. The fourth-order valence-corrected chi connectivity index (χ4v) is 2.77. The first kappa shape index (κ1) is 11.9. The van der Waals surface area contributed by atoms with Crippen LogP contribution < -0.4 is 0 Å². The van der Waals surface area contributed by atoms with Gasteiger partial charge in [-0.15, -0.1) is 0 Å². The Balaban J connectivity index is 1.98. The molecule has 1 aliphatic heterocycles. The Morgan fingerprint density at radius 1 is 1.33 bits per heavy atom. The molecule has 15 heavy (non-hydrogen) atoms. The first-order valence-electron chi connectivity index (χ1n) is 5.22. The van der Waals surface area contributed by atoms with Crippen molar-refractivity contribution in [1.82, 2.24) is 0 Å². The standard InChI is InChI=1S/C12H14BrIO/c13-12-5-6-15-8-10(12)7-9-1-3-11(14)4-2-9/h1-4,10,12H,5-8H2. The fourth-order valence-electron chi connectivity index (χ4n) is 1.88. The maximum atomic E-state index is 5.52. The molecule has 82 valence electrons. The van der Waals surface area contributed by atoms with Gasteiger partial charge in [0.05, 0.1) is 6.61 Å². The summed E-state index contributed by atoms with van der Waals surface area (Å²) in [5.74, 6) is 0.624. The lowest BCUT2D eigenvalue weighted by atomic mass is 9.94. The minimum absolute atomic E-state index is 0.616. The highest BCUT2D eigenvalue weighted by Gasteiger charge is 2.23. The van der Waals surface area contributed by atoms with Crippen LogP contribution in [0.5, 0.6) is 0 Å². The zero-order valence-corrected chi connectivity index (χ0v) is 12.2. The van der Waals surface area contributed by atoms with Crippen LogP contribution in [0.3, 0.4) is 0 Å². The van der Waals surface area contributed by atoms with E-state index in [1.165, 1.54) is 9.13 Å². The molecule has 0 bridgehead atoms. The van der Waals surface area contributed by atoms with Crippen LogP contribution in [0.25, 0.3) is 0 Å². The molecular formula is C12H14BrIO. The molecule has 1 heterocycles. The van der Waals surface area contributed by atoms with Gasteiger partial charge in [0.15, 0.2) is 0 Å². The number of alkyl halides is 1. The molecule has 1 aromatic carbocycles. The van der Waals surface area contributed by atoms with Crippen molar-refractivity contribution < 1.29 is 4.74 Å². The van der Waals surface area contributed by atoms with Crippen LogP contribution in [0.4, 0.5) is 0 Å². The van der Waals surface area contributed by atoms with Crippen molar-refractivity contribution in [2.75, 3.05) is 13.2 Å². The molecule has 0 radical (unpaired) electrons. The molecule has 1 aliphatic rings. The first-order chi connectivity index (χ1) is 7.25. The van der Waals surface area contributed by atoms with Crippen molar-refractivity contribution >= 4 is 38.5 Å². The Hall–Kier alpha value is 0.390. The van der Waals surface area contributed by atoms with Crippen molar-refractivity contribution in [2.45, 2.75) is 17.7 Å². The maximum Gasteiger partial charge on any atom is 0.0508 e. The molecule has 1 aromatic rings. The summed E-state index contributed by atoms with van der Waals surface area (Å²) >= 11 is 6.08. The van der Waals surface area contributed by atoms with E-state index < -0.39 is 0 Å². The normalized spacial score (nSPS) is 26.5. The number of hydrogen-bond donors (Lipinski definition) is 0. The van der Waals surface area contributed by atoms with Crippen LogP contribution in [-0.4, -0.2) is 18.0 Å². The van der Waals surface area contributed by atoms with Gasteiger partial charge in [0.2, 0.25) is 0 Å². The lowest BCUT2D eigenvalue weighted by Gasteiger charge is -2.27. The molecule has 2 unspecified atom stereocenters. The molecule has 0 aromatic heterocycles. The number of hydrogen-bond acceptors (Lipinski definition) is 1. The molecule has 3 heteroatoms. The summed E-state index contributed by atoms with van der Waals surface area (Å²) < 4.78 is 6.81. The average Bonchev–Trinajstić information content (AvgIpc) is 2.25. The van der Waals surface area contributed by atoms with Gasteiger partial charge < -0.3 is 4.74 Å². The Labute approximate surface area is 113 Å². The maximum absolute atomic E-state index is 5.52. The predicted octanol–water partition coefficient (Wildman–Crippen LogP) is 3.63. The molecule has 2 rings (SSSR count). The SMILES string of the molecule is BrC1CCOCC1Cc1ccc(I)cc1. The van der Waals surface area contributed by atoms with E-state index in [0.717, 1.165) is 26.1 Å². The Morgan fingerprint density at radius 3 is 2.73 bits per heavy atom. The highest BCUT2D eigenvalue weighted by molar-refractivity contribution is 14.1. The molecule has 0 spiro atoms. The summed E-state index contributed by atoms with van der Waals surface area (Å²) in [5, 5.41) is 0. The van der Waals surface area contributed by atoms with Crippen LogP contribution >= 0.6 is 38.5 Å². The Kier molecular flexibility index (Phi) is 4.46. The van der Waals surface area contributed by atoms with E-state index in [1.807, 2.05) is 0 Å². The summed E-state index contributed by atoms with van der Waals surface area (Å²) in [4.78, 5) is 0.616. The second-order valence-corrected chi connectivity index (χ2v) is 6.39. The van der Waals surface area contributed by atoms with Gasteiger partial charge in [-0.3, -0.25) is 0 Å². The van der Waals surface area contributed by atoms with E-state index in [2.05, 4.69) is 62.8 Å². The molecule has 0 N–H and O–H groups in total. The molecule has 1 fully saturated rings. The molecular weight excluding hydrogens is 367 g/mol. The van der Waals surface area contributed by atoms with Crippen LogP contribution in [0.2, 0.25) is 0 Å². The van der Waals surface area contributed by atoms with Gasteiger partial charge >= 0.3 is 0 Å². The van der Waals surface area contributed by atoms with Gasteiger partial charge in [-0.25, -0.2) is 0 Å². The van der Waals surface area contributed by atoms with E-state index in [-0.39, 0.29) is 0 Å². The van der Waals surface area contributed by atoms with Gasteiger partial charge in [-0.2, -0.15) is 0 Å². The second-order valence-electron chi connectivity index (χ2n) is 3.97.